The first-order chi connectivity index (χ1) is 13.2. The van der Waals surface area contributed by atoms with Crippen LogP contribution in [0.25, 0.3) is 28.1 Å². The molecule has 5 heteroatoms. The average Bonchev–Trinajstić information content (AvgIpc) is 3.08. The van der Waals surface area contributed by atoms with Gasteiger partial charge in [-0.05, 0) is 35.9 Å². The Bertz CT molecular complexity index is 1210. The second-order valence-electron chi connectivity index (χ2n) is 6.52. The lowest BCUT2D eigenvalue weighted by Crippen LogP contribution is -2.37. The number of imide groups is 1. The first-order valence-electron chi connectivity index (χ1n) is 8.71. The second kappa shape index (κ2) is 5.92. The molecule has 1 N–H and O–H groups in total. The van der Waals surface area contributed by atoms with Crippen LogP contribution in [0.4, 0.5) is 0 Å². The Morgan fingerprint density at radius 1 is 0.889 bits per heavy atom. The number of hydrogen-bond acceptors (Lipinski definition) is 3. The molecule has 0 atom stereocenters. The summed E-state index contributed by atoms with van der Waals surface area (Å²) in [6.45, 7) is 0. The zero-order valence-corrected chi connectivity index (χ0v) is 14.3. The predicted octanol–water partition coefficient (Wildman–Crippen LogP) is 3.51. The van der Waals surface area contributed by atoms with Crippen molar-refractivity contribution >= 4 is 22.8 Å². The second-order valence-corrected chi connectivity index (χ2v) is 6.52. The average molecular weight is 353 g/mol. The summed E-state index contributed by atoms with van der Waals surface area (Å²) in [5, 5.41) is 2.38. The molecule has 4 aromatic rings. The molecule has 0 fully saturated rings. The Kier molecular flexibility index (Phi) is 3.40. The Morgan fingerprint density at radius 3 is 2.52 bits per heavy atom. The molecule has 3 aromatic carbocycles. The van der Waals surface area contributed by atoms with E-state index in [2.05, 4.69) is 9.88 Å². The minimum absolute atomic E-state index is 0.219. The summed E-state index contributed by atoms with van der Waals surface area (Å²) in [5.41, 5.74) is 4.98. The van der Waals surface area contributed by atoms with Crippen LogP contribution in [0.15, 0.2) is 72.8 Å². The fourth-order valence-electron chi connectivity index (χ4n) is 3.55. The molecule has 1 aromatic heterocycles. The number of nitrogens with zero attached hydrogens (tertiary/aromatic N) is 2. The van der Waals surface area contributed by atoms with E-state index in [1.165, 1.54) is 0 Å². The van der Waals surface area contributed by atoms with E-state index in [-0.39, 0.29) is 18.2 Å². The van der Waals surface area contributed by atoms with Gasteiger partial charge in [0.05, 0.1) is 17.5 Å². The van der Waals surface area contributed by atoms with Gasteiger partial charge in [0.25, 0.3) is 5.91 Å². The lowest BCUT2D eigenvalue weighted by atomic mass is 9.97. The Hall–Kier alpha value is -3.73. The van der Waals surface area contributed by atoms with Gasteiger partial charge in [-0.25, -0.2) is 4.98 Å². The molecule has 5 nitrogen and oxygen atoms in total. The predicted molar refractivity (Wildman–Crippen MR) is 103 cm³/mol. The van der Waals surface area contributed by atoms with E-state index in [9.17, 15) is 9.59 Å². The van der Waals surface area contributed by atoms with Crippen LogP contribution in [-0.4, -0.2) is 21.4 Å². The molecule has 0 aliphatic carbocycles. The van der Waals surface area contributed by atoms with Gasteiger partial charge in [-0.3, -0.25) is 19.5 Å². The highest BCUT2D eigenvalue weighted by Gasteiger charge is 2.24. The zero-order chi connectivity index (χ0) is 18.4. The molecule has 2 amide bonds. The van der Waals surface area contributed by atoms with E-state index < -0.39 is 0 Å². The van der Waals surface area contributed by atoms with E-state index in [4.69, 9.17) is 4.98 Å². The van der Waals surface area contributed by atoms with Gasteiger partial charge in [0.15, 0.2) is 0 Å². The summed E-state index contributed by atoms with van der Waals surface area (Å²) in [6, 6.07) is 23.5. The monoisotopic (exact) mass is 353 g/mol. The third-order valence-electron chi connectivity index (χ3n) is 4.79. The van der Waals surface area contributed by atoms with Crippen molar-refractivity contribution in [1.29, 1.82) is 0 Å². The summed E-state index contributed by atoms with van der Waals surface area (Å²) in [4.78, 5) is 28.7. The standard InChI is InChI=1S/C22H15N3O2/c26-20-13-14-10-11-15(12-17(14)22(27)24-20)21-23-18-8-4-5-9-19(18)25(21)16-6-2-1-3-7-16/h1-12H,13H2,(H,24,26,27). The normalized spacial score (nSPS) is 13.5. The van der Waals surface area contributed by atoms with Crippen LogP contribution in [0.3, 0.4) is 0 Å². The highest BCUT2D eigenvalue weighted by Crippen LogP contribution is 2.30. The van der Waals surface area contributed by atoms with Crippen molar-refractivity contribution in [2.75, 3.05) is 0 Å². The first kappa shape index (κ1) is 15.5. The lowest BCUT2D eigenvalue weighted by molar-refractivity contribution is -0.119. The maximum atomic E-state index is 12.2. The molecule has 130 valence electrons. The highest BCUT2D eigenvalue weighted by molar-refractivity contribution is 6.10. The molecule has 0 radical (unpaired) electrons. The molecule has 0 spiro atoms. The quantitative estimate of drug-likeness (QED) is 0.561. The number of benzene rings is 3. The number of imidazole rings is 1. The van der Waals surface area contributed by atoms with Crippen LogP contribution >= 0.6 is 0 Å². The number of aromatic nitrogens is 2. The van der Waals surface area contributed by atoms with Crippen molar-refractivity contribution < 1.29 is 9.59 Å². The Balaban J connectivity index is 1.76. The van der Waals surface area contributed by atoms with E-state index in [1.807, 2.05) is 72.8 Å². The van der Waals surface area contributed by atoms with Crippen molar-refractivity contribution in [3.8, 4) is 17.1 Å². The molecule has 0 saturated heterocycles. The van der Waals surface area contributed by atoms with E-state index in [0.29, 0.717) is 5.56 Å². The number of para-hydroxylation sites is 3. The number of carbonyl (C=O) groups is 2. The molecular weight excluding hydrogens is 338 g/mol. The fourth-order valence-corrected chi connectivity index (χ4v) is 3.55. The number of fused-ring (bicyclic) bond motifs is 2. The first-order valence-corrected chi connectivity index (χ1v) is 8.71. The van der Waals surface area contributed by atoms with Crippen molar-refractivity contribution in [3.05, 3.63) is 83.9 Å². The molecule has 1 aliphatic heterocycles. The maximum Gasteiger partial charge on any atom is 0.258 e. The van der Waals surface area contributed by atoms with Gasteiger partial charge in [-0.1, -0.05) is 42.5 Å². The van der Waals surface area contributed by atoms with Crippen LogP contribution in [-0.2, 0) is 11.2 Å². The molecule has 27 heavy (non-hydrogen) atoms. The molecule has 5 rings (SSSR count). The van der Waals surface area contributed by atoms with Crippen molar-refractivity contribution in [2.24, 2.45) is 0 Å². The van der Waals surface area contributed by atoms with E-state index in [1.54, 1.807) is 0 Å². The van der Waals surface area contributed by atoms with Gasteiger partial charge in [-0.2, -0.15) is 0 Å². The largest absolute Gasteiger partial charge is 0.292 e. The van der Waals surface area contributed by atoms with Crippen molar-refractivity contribution in [2.45, 2.75) is 6.42 Å². The van der Waals surface area contributed by atoms with Crippen LogP contribution in [0.5, 0.6) is 0 Å². The third-order valence-corrected chi connectivity index (χ3v) is 4.79. The Labute approximate surface area is 155 Å². The topological polar surface area (TPSA) is 64.0 Å². The van der Waals surface area contributed by atoms with Crippen LogP contribution in [0.2, 0.25) is 0 Å². The van der Waals surface area contributed by atoms with Crippen LogP contribution < -0.4 is 5.32 Å². The minimum atomic E-state index is -0.356. The van der Waals surface area contributed by atoms with Crippen LogP contribution in [0, 0.1) is 0 Å². The molecule has 1 aliphatic rings. The van der Waals surface area contributed by atoms with Crippen LogP contribution in [0.1, 0.15) is 15.9 Å². The van der Waals surface area contributed by atoms with Crippen molar-refractivity contribution in [1.82, 2.24) is 14.9 Å². The summed E-state index contributed by atoms with van der Waals surface area (Å²) in [5.74, 6) is 0.136. The van der Waals surface area contributed by atoms with Gasteiger partial charge in [0.2, 0.25) is 5.91 Å². The molecule has 0 saturated carbocycles. The van der Waals surface area contributed by atoms with Gasteiger partial charge in [0.1, 0.15) is 5.82 Å². The molecule has 2 heterocycles. The van der Waals surface area contributed by atoms with Crippen molar-refractivity contribution in [3.63, 3.8) is 0 Å². The third kappa shape index (κ3) is 2.52. The summed E-state index contributed by atoms with van der Waals surface area (Å²) in [6.07, 6.45) is 0.219. The maximum absolute atomic E-state index is 12.2. The number of rotatable bonds is 2. The number of amides is 2. The fraction of sp³-hybridized carbons (Fsp3) is 0.0455. The molecule has 0 bridgehead atoms. The smallest absolute Gasteiger partial charge is 0.258 e. The summed E-state index contributed by atoms with van der Waals surface area (Å²) >= 11 is 0. The van der Waals surface area contributed by atoms with Gasteiger partial charge in [-0.15, -0.1) is 0 Å². The number of hydrogen-bond donors (Lipinski definition) is 1. The number of carbonyl (C=O) groups excluding carboxylic acids is 2. The van der Waals surface area contributed by atoms with E-state index >= 15 is 0 Å². The molecule has 0 unspecified atom stereocenters. The highest BCUT2D eigenvalue weighted by atomic mass is 16.2. The minimum Gasteiger partial charge on any atom is -0.292 e. The SMILES string of the molecule is O=C1Cc2ccc(-c3nc4ccccc4n3-c3ccccc3)cc2C(=O)N1. The van der Waals surface area contributed by atoms with Gasteiger partial charge >= 0.3 is 0 Å². The zero-order valence-electron chi connectivity index (χ0n) is 14.3. The number of nitrogens with one attached hydrogen (secondary N) is 1. The summed E-state index contributed by atoms with van der Waals surface area (Å²) in [7, 11) is 0. The lowest BCUT2D eigenvalue weighted by Gasteiger charge is -2.16. The van der Waals surface area contributed by atoms with Gasteiger partial charge < -0.3 is 0 Å². The van der Waals surface area contributed by atoms with E-state index in [0.717, 1.165) is 33.7 Å². The van der Waals surface area contributed by atoms with Gasteiger partial charge in [0, 0.05) is 16.8 Å². The Morgan fingerprint density at radius 2 is 1.67 bits per heavy atom. The summed E-state index contributed by atoms with van der Waals surface area (Å²) < 4.78 is 2.09. The molecular formula is C22H15N3O2.